The molecule has 3 nitrogen and oxygen atoms in total. The number of hydrogen-bond donors (Lipinski definition) is 0. The zero-order chi connectivity index (χ0) is 20.0. The van der Waals surface area contributed by atoms with E-state index in [-0.39, 0.29) is 23.2 Å². The lowest BCUT2D eigenvalue weighted by atomic mass is 10.1. The fourth-order valence-corrected chi connectivity index (χ4v) is 4.08. The van der Waals surface area contributed by atoms with E-state index in [4.69, 9.17) is 0 Å². The first-order valence-corrected chi connectivity index (χ1v) is 9.38. The number of carbonyl (C=O) groups is 1. The van der Waals surface area contributed by atoms with Crippen LogP contribution < -0.4 is 4.90 Å². The van der Waals surface area contributed by atoms with Crippen molar-refractivity contribution in [2.45, 2.75) is 33.9 Å². The molecule has 0 bridgehead atoms. The van der Waals surface area contributed by atoms with E-state index in [1.165, 1.54) is 17.7 Å². The second-order valence-corrected chi connectivity index (χ2v) is 8.43. The highest BCUT2D eigenvalue weighted by Gasteiger charge is 2.61. The van der Waals surface area contributed by atoms with Gasteiger partial charge >= 0.3 is 6.18 Å². The zero-order valence-electron chi connectivity index (χ0n) is 16.3. The zero-order valence-corrected chi connectivity index (χ0v) is 16.3. The minimum Gasteiger partial charge on any atom is -0.368 e. The fraction of sp³-hybridized carbons (Fsp3) is 0.571. The lowest BCUT2D eigenvalue weighted by molar-refractivity contribution is -0.137. The Balaban J connectivity index is 1.63. The highest BCUT2D eigenvalue weighted by atomic mass is 19.4. The van der Waals surface area contributed by atoms with Gasteiger partial charge in [-0.25, -0.2) is 0 Å². The molecule has 148 valence electrons. The van der Waals surface area contributed by atoms with Crippen molar-refractivity contribution in [2.75, 3.05) is 31.1 Å². The van der Waals surface area contributed by atoms with Gasteiger partial charge in [-0.05, 0) is 43.4 Å². The summed E-state index contributed by atoms with van der Waals surface area (Å²) < 4.78 is 38.8. The van der Waals surface area contributed by atoms with Gasteiger partial charge < -0.3 is 9.80 Å². The molecule has 0 N–H and O–H groups in total. The first kappa shape index (κ1) is 19.8. The van der Waals surface area contributed by atoms with Crippen molar-refractivity contribution in [1.29, 1.82) is 0 Å². The summed E-state index contributed by atoms with van der Waals surface area (Å²) in [7, 11) is 0. The standard InChI is InChI=1S/C21H27F3N2O/c1-14(2)12-17-18(20(17,3)4)19(27)26-10-8-25(9-11-26)16-7-5-6-15(13-16)21(22,23)24/h5-7,12-13,17-18H,8-11H2,1-4H3/t17-,18-/m0/s1. The normalized spacial score (nSPS) is 24.6. The number of rotatable bonds is 3. The van der Waals surface area contributed by atoms with Crippen molar-refractivity contribution in [3.8, 4) is 0 Å². The van der Waals surface area contributed by atoms with Crippen LogP contribution >= 0.6 is 0 Å². The number of amides is 1. The van der Waals surface area contributed by atoms with Gasteiger partial charge in [-0.15, -0.1) is 0 Å². The quantitative estimate of drug-likeness (QED) is 0.716. The van der Waals surface area contributed by atoms with E-state index in [9.17, 15) is 18.0 Å². The summed E-state index contributed by atoms with van der Waals surface area (Å²) in [6, 6.07) is 5.40. The maximum Gasteiger partial charge on any atom is 0.416 e. The van der Waals surface area contributed by atoms with Crippen LogP contribution in [0, 0.1) is 17.3 Å². The summed E-state index contributed by atoms with van der Waals surface area (Å²) in [6.07, 6.45) is -2.16. The molecule has 6 heteroatoms. The summed E-state index contributed by atoms with van der Waals surface area (Å²) in [6.45, 7) is 10.5. The Morgan fingerprint density at radius 2 is 1.78 bits per heavy atom. The van der Waals surface area contributed by atoms with Crippen LogP contribution in [-0.4, -0.2) is 37.0 Å². The highest BCUT2D eigenvalue weighted by molar-refractivity contribution is 5.84. The van der Waals surface area contributed by atoms with Crippen LogP contribution in [0.5, 0.6) is 0 Å². The van der Waals surface area contributed by atoms with Gasteiger partial charge in [0.05, 0.1) is 11.5 Å². The average molecular weight is 380 g/mol. The average Bonchev–Trinajstić information content (AvgIpc) is 3.13. The maximum atomic E-state index is 12.9. The van der Waals surface area contributed by atoms with Crippen LogP contribution in [0.2, 0.25) is 0 Å². The van der Waals surface area contributed by atoms with Gasteiger partial charge in [0.1, 0.15) is 0 Å². The largest absolute Gasteiger partial charge is 0.416 e. The third-order valence-corrected chi connectivity index (χ3v) is 5.82. The Kier molecular flexibility index (Phi) is 5.04. The second-order valence-electron chi connectivity index (χ2n) is 8.43. The predicted octanol–water partition coefficient (Wildman–Crippen LogP) is 4.59. The molecule has 0 spiro atoms. The predicted molar refractivity (Wildman–Crippen MR) is 100 cm³/mol. The van der Waals surface area contributed by atoms with Gasteiger partial charge in [0.25, 0.3) is 0 Å². The molecule has 3 rings (SSSR count). The monoisotopic (exact) mass is 380 g/mol. The Labute approximate surface area is 158 Å². The van der Waals surface area contributed by atoms with Gasteiger partial charge in [0.2, 0.25) is 5.91 Å². The molecule has 0 radical (unpaired) electrons. The molecular weight excluding hydrogens is 353 g/mol. The SMILES string of the molecule is CC(C)=C[C@H]1[C@@H](C(=O)N2CCN(c3cccc(C(F)(F)F)c3)CC2)C1(C)C. The van der Waals surface area contributed by atoms with Crippen LogP contribution in [0.15, 0.2) is 35.9 Å². The first-order chi connectivity index (χ1) is 12.5. The Morgan fingerprint density at radius 1 is 1.15 bits per heavy atom. The van der Waals surface area contributed by atoms with Crippen LogP contribution in [0.25, 0.3) is 0 Å². The molecule has 0 unspecified atom stereocenters. The third-order valence-electron chi connectivity index (χ3n) is 5.82. The number of carbonyl (C=O) groups excluding carboxylic acids is 1. The van der Waals surface area contributed by atoms with E-state index < -0.39 is 11.7 Å². The van der Waals surface area contributed by atoms with Crippen molar-refractivity contribution in [2.24, 2.45) is 17.3 Å². The van der Waals surface area contributed by atoms with Gasteiger partial charge in [-0.2, -0.15) is 13.2 Å². The number of anilines is 1. The van der Waals surface area contributed by atoms with E-state index in [2.05, 4.69) is 19.9 Å². The molecule has 2 atom stereocenters. The molecule has 0 aromatic heterocycles. The lowest BCUT2D eigenvalue weighted by Crippen LogP contribution is -2.49. The number of benzene rings is 1. The van der Waals surface area contributed by atoms with E-state index in [0.29, 0.717) is 31.9 Å². The Morgan fingerprint density at radius 3 is 2.33 bits per heavy atom. The van der Waals surface area contributed by atoms with Crippen molar-refractivity contribution in [1.82, 2.24) is 4.90 Å². The van der Waals surface area contributed by atoms with Crippen LogP contribution in [0.3, 0.4) is 0 Å². The van der Waals surface area contributed by atoms with Crippen molar-refractivity contribution >= 4 is 11.6 Å². The van der Waals surface area contributed by atoms with Gasteiger partial charge in [-0.3, -0.25) is 4.79 Å². The van der Waals surface area contributed by atoms with Crippen LogP contribution in [0.1, 0.15) is 33.3 Å². The molecular formula is C21H27F3N2O. The number of allylic oxidation sites excluding steroid dienone is 2. The topological polar surface area (TPSA) is 23.6 Å². The summed E-state index contributed by atoms with van der Waals surface area (Å²) in [5.74, 6) is 0.454. The van der Waals surface area contributed by atoms with Crippen LogP contribution in [-0.2, 0) is 11.0 Å². The van der Waals surface area contributed by atoms with E-state index >= 15 is 0 Å². The molecule has 1 aromatic carbocycles. The fourth-order valence-electron chi connectivity index (χ4n) is 4.08. The minimum atomic E-state index is -4.34. The van der Waals surface area contributed by atoms with Gasteiger partial charge in [-0.1, -0.05) is 31.6 Å². The summed E-state index contributed by atoms with van der Waals surface area (Å²) in [4.78, 5) is 16.7. The smallest absolute Gasteiger partial charge is 0.368 e. The number of halogens is 3. The van der Waals surface area contributed by atoms with Crippen molar-refractivity contribution in [3.63, 3.8) is 0 Å². The molecule has 1 saturated carbocycles. The molecule has 1 aliphatic carbocycles. The molecule has 2 fully saturated rings. The minimum absolute atomic E-state index is 0.00695. The van der Waals surface area contributed by atoms with Gasteiger partial charge in [0, 0.05) is 31.9 Å². The van der Waals surface area contributed by atoms with E-state index in [1.807, 2.05) is 23.6 Å². The molecule has 1 aromatic rings. The third kappa shape index (κ3) is 3.99. The number of alkyl halides is 3. The molecule has 27 heavy (non-hydrogen) atoms. The van der Waals surface area contributed by atoms with Crippen molar-refractivity contribution < 1.29 is 18.0 Å². The first-order valence-electron chi connectivity index (χ1n) is 9.38. The summed E-state index contributed by atoms with van der Waals surface area (Å²) in [5.41, 5.74) is 1.12. The molecule has 1 amide bonds. The number of nitrogens with zero attached hydrogens (tertiary/aromatic N) is 2. The Hall–Kier alpha value is -1.98. The second kappa shape index (κ2) is 6.88. The summed E-state index contributed by atoms with van der Waals surface area (Å²) >= 11 is 0. The Bertz CT molecular complexity index is 742. The maximum absolute atomic E-state index is 12.9. The molecule has 1 aliphatic heterocycles. The molecule has 1 heterocycles. The van der Waals surface area contributed by atoms with E-state index in [1.54, 1.807) is 6.07 Å². The van der Waals surface area contributed by atoms with E-state index in [0.717, 1.165) is 6.07 Å². The number of piperazine rings is 1. The van der Waals surface area contributed by atoms with Crippen molar-refractivity contribution in [3.05, 3.63) is 41.5 Å². The number of hydrogen-bond acceptors (Lipinski definition) is 2. The molecule has 2 aliphatic rings. The lowest BCUT2D eigenvalue weighted by Gasteiger charge is -2.36. The van der Waals surface area contributed by atoms with Gasteiger partial charge in [0.15, 0.2) is 0 Å². The highest BCUT2D eigenvalue weighted by Crippen LogP contribution is 2.60. The molecule has 1 saturated heterocycles. The van der Waals surface area contributed by atoms with Crippen LogP contribution in [0.4, 0.5) is 18.9 Å². The summed E-state index contributed by atoms with van der Waals surface area (Å²) in [5, 5.41) is 0.